The van der Waals surface area contributed by atoms with Crippen LogP contribution in [0.1, 0.15) is 38.4 Å². The van der Waals surface area contributed by atoms with Crippen molar-refractivity contribution in [3.63, 3.8) is 0 Å². The Morgan fingerprint density at radius 3 is 3.00 bits per heavy atom. The lowest BCUT2D eigenvalue weighted by Gasteiger charge is -2.22. The van der Waals surface area contributed by atoms with Crippen molar-refractivity contribution < 1.29 is 4.74 Å². The van der Waals surface area contributed by atoms with Crippen LogP contribution in [-0.4, -0.2) is 64.5 Å². The highest BCUT2D eigenvalue weighted by Crippen LogP contribution is 2.13. The molecular formula is C16H28N6O. The number of rotatable bonds is 6. The second-order valence-corrected chi connectivity index (χ2v) is 6.21. The highest BCUT2D eigenvalue weighted by molar-refractivity contribution is 5.80. The van der Waals surface area contributed by atoms with E-state index in [1.54, 1.807) is 6.33 Å². The number of aromatic nitrogens is 3. The molecule has 2 aliphatic rings. The fourth-order valence-corrected chi connectivity index (χ4v) is 3.20. The SMILES string of the molecule is CCc1nncn1CCNC(=NCC1CCCO1)N1CCCC1. The number of hydrogen-bond donors (Lipinski definition) is 1. The molecular weight excluding hydrogens is 292 g/mol. The Bertz CT molecular complexity index is 502. The Labute approximate surface area is 138 Å². The zero-order chi connectivity index (χ0) is 15.9. The largest absolute Gasteiger partial charge is 0.376 e. The molecule has 128 valence electrons. The number of ether oxygens (including phenoxy) is 1. The van der Waals surface area contributed by atoms with Gasteiger partial charge >= 0.3 is 0 Å². The molecule has 1 N–H and O–H groups in total. The van der Waals surface area contributed by atoms with Crippen molar-refractivity contribution in [3.8, 4) is 0 Å². The average molecular weight is 320 g/mol. The normalized spacial score (nSPS) is 22.0. The lowest BCUT2D eigenvalue weighted by Crippen LogP contribution is -2.41. The molecule has 0 aliphatic carbocycles. The van der Waals surface area contributed by atoms with Crippen LogP contribution in [0.3, 0.4) is 0 Å². The summed E-state index contributed by atoms with van der Waals surface area (Å²) in [7, 11) is 0. The molecule has 0 radical (unpaired) electrons. The lowest BCUT2D eigenvalue weighted by atomic mass is 10.2. The minimum atomic E-state index is 0.305. The summed E-state index contributed by atoms with van der Waals surface area (Å²) < 4.78 is 7.79. The summed E-state index contributed by atoms with van der Waals surface area (Å²) in [5.74, 6) is 2.06. The number of guanidine groups is 1. The van der Waals surface area contributed by atoms with E-state index in [4.69, 9.17) is 9.73 Å². The summed E-state index contributed by atoms with van der Waals surface area (Å²) in [4.78, 5) is 7.18. The molecule has 3 heterocycles. The van der Waals surface area contributed by atoms with Crippen molar-refractivity contribution in [2.75, 3.05) is 32.8 Å². The van der Waals surface area contributed by atoms with Gasteiger partial charge in [0.05, 0.1) is 12.6 Å². The number of aryl methyl sites for hydroxylation is 1. The van der Waals surface area contributed by atoms with Crippen molar-refractivity contribution in [3.05, 3.63) is 12.2 Å². The molecule has 3 rings (SSSR count). The Morgan fingerprint density at radius 2 is 2.26 bits per heavy atom. The maximum absolute atomic E-state index is 5.69. The number of likely N-dealkylation sites (tertiary alicyclic amines) is 1. The fraction of sp³-hybridized carbons (Fsp3) is 0.812. The van der Waals surface area contributed by atoms with Crippen molar-refractivity contribution in [2.45, 2.75) is 51.7 Å². The Kier molecular flexibility index (Phi) is 5.85. The first-order valence-corrected chi connectivity index (χ1v) is 8.88. The fourth-order valence-electron chi connectivity index (χ4n) is 3.20. The molecule has 1 unspecified atom stereocenters. The van der Waals surface area contributed by atoms with E-state index < -0.39 is 0 Å². The zero-order valence-corrected chi connectivity index (χ0v) is 14.1. The van der Waals surface area contributed by atoms with Gasteiger partial charge in [-0.2, -0.15) is 0 Å². The van der Waals surface area contributed by atoms with Gasteiger partial charge in [0, 0.05) is 39.2 Å². The van der Waals surface area contributed by atoms with Crippen molar-refractivity contribution in [1.29, 1.82) is 0 Å². The van der Waals surface area contributed by atoms with Gasteiger partial charge in [0.1, 0.15) is 12.2 Å². The van der Waals surface area contributed by atoms with Gasteiger partial charge < -0.3 is 19.5 Å². The van der Waals surface area contributed by atoms with E-state index in [1.807, 2.05) is 0 Å². The quantitative estimate of drug-likeness (QED) is 0.627. The van der Waals surface area contributed by atoms with Crippen LogP contribution in [0.5, 0.6) is 0 Å². The van der Waals surface area contributed by atoms with E-state index in [9.17, 15) is 0 Å². The van der Waals surface area contributed by atoms with Gasteiger partial charge in [-0.15, -0.1) is 10.2 Å². The summed E-state index contributed by atoms with van der Waals surface area (Å²) in [5.41, 5.74) is 0. The Hall–Kier alpha value is -1.63. The lowest BCUT2D eigenvalue weighted by molar-refractivity contribution is 0.117. The molecule has 1 atom stereocenters. The molecule has 2 fully saturated rings. The Morgan fingerprint density at radius 1 is 1.39 bits per heavy atom. The molecule has 1 aromatic rings. The Balaban J connectivity index is 1.53. The highest BCUT2D eigenvalue weighted by atomic mass is 16.5. The summed E-state index contributed by atoms with van der Waals surface area (Å²) >= 11 is 0. The van der Waals surface area contributed by atoms with E-state index >= 15 is 0 Å². The van der Waals surface area contributed by atoms with Crippen LogP contribution < -0.4 is 5.32 Å². The van der Waals surface area contributed by atoms with Gasteiger partial charge in [-0.3, -0.25) is 4.99 Å². The predicted molar refractivity (Wildman–Crippen MR) is 89.5 cm³/mol. The predicted octanol–water partition coefficient (Wildman–Crippen LogP) is 1.06. The third kappa shape index (κ3) is 4.43. The minimum absolute atomic E-state index is 0.305. The minimum Gasteiger partial charge on any atom is -0.376 e. The smallest absolute Gasteiger partial charge is 0.194 e. The van der Waals surface area contributed by atoms with Gasteiger partial charge in [0.15, 0.2) is 5.96 Å². The second-order valence-electron chi connectivity index (χ2n) is 6.21. The zero-order valence-electron chi connectivity index (χ0n) is 14.1. The van der Waals surface area contributed by atoms with Gasteiger partial charge in [0.2, 0.25) is 0 Å². The number of aliphatic imine (C=N–C) groups is 1. The molecule has 1 aromatic heterocycles. The average Bonchev–Trinajstić information content (AvgIpc) is 3.33. The van der Waals surface area contributed by atoms with Gasteiger partial charge in [-0.1, -0.05) is 6.92 Å². The molecule has 2 aliphatic heterocycles. The molecule has 7 heteroatoms. The van der Waals surface area contributed by atoms with Crippen LogP contribution in [0.25, 0.3) is 0 Å². The molecule has 0 bridgehead atoms. The van der Waals surface area contributed by atoms with Crippen LogP contribution in [0.4, 0.5) is 0 Å². The van der Waals surface area contributed by atoms with E-state index in [-0.39, 0.29) is 0 Å². The summed E-state index contributed by atoms with van der Waals surface area (Å²) in [6, 6.07) is 0. The number of hydrogen-bond acceptors (Lipinski definition) is 4. The highest BCUT2D eigenvalue weighted by Gasteiger charge is 2.19. The monoisotopic (exact) mass is 320 g/mol. The summed E-state index contributed by atoms with van der Waals surface area (Å²) in [5, 5.41) is 11.6. The molecule has 7 nitrogen and oxygen atoms in total. The standard InChI is InChI=1S/C16H28N6O/c1-2-15-20-19-13-22(15)10-7-17-16(21-8-3-4-9-21)18-12-14-6-5-11-23-14/h13-14H,2-12H2,1H3,(H,17,18). The topological polar surface area (TPSA) is 67.6 Å². The van der Waals surface area contributed by atoms with Gasteiger partial charge in [0.25, 0.3) is 0 Å². The molecule has 2 saturated heterocycles. The molecule has 0 saturated carbocycles. The van der Waals surface area contributed by atoms with Crippen LogP contribution in [0, 0.1) is 0 Å². The van der Waals surface area contributed by atoms with Crippen molar-refractivity contribution in [2.24, 2.45) is 4.99 Å². The number of nitrogens with zero attached hydrogens (tertiary/aromatic N) is 5. The first-order chi connectivity index (χ1) is 11.4. The second kappa shape index (κ2) is 8.29. The first kappa shape index (κ1) is 16.2. The van der Waals surface area contributed by atoms with E-state index in [1.165, 1.54) is 19.3 Å². The van der Waals surface area contributed by atoms with Crippen LogP contribution in [0.2, 0.25) is 0 Å². The van der Waals surface area contributed by atoms with Crippen LogP contribution in [-0.2, 0) is 17.7 Å². The van der Waals surface area contributed by atoms with Crippen molar-refractivity contribution >= 4 is 5.96 Å². The van der Waals surface area contributed by atoms with Crippen LogP contribution >= 0.6 is 0 Å². The molecule has 0 aromatic carbocycles. The third-order valence-corrected chi connectivity index (χ3v) is 4.52. The van der Waals surface area contributed by atoms with E-state index in [0.717, 1.165) is 64.0 Å². The third-order valence-electron chi connectivity index (χ3n) is 4.52. The van der Waals surface area contributed by atoms with Crippen LogP contribution in [0.15, 0.2) is 11.3 Å². The van der Waals surface area contributed by atoms with E-state index in [2.05, 4.69) is 31.9 Å². The van der Waals surface area contributed by atoms with Gasteiger partial charge in [-0.25, -0.2) is 0 Å². The van der Waals surface area contributed by atoms with Gasteiger partial charge in [-0.05, 0) is 25.7 Å². The summed E-state index contributed by atoms with van der Waals surface area (Å²) in [6.07, 6.45) is 7.83. The maximum atomic E-state index is 5.69. The molecule has 0 spiro atoms. The number of nitrogens with one attached hydrogen (secondary N) is 1. The van der Waals surface area contributed by atoms with Crippen molar-refractivity contribution in [1.82, 2.24) is 25.0 Å². The first-order valence-electron chi connectivity index (χ1n) is 8.88. The molecule has 23 heavy (non-hydrogen) atoms. The summed E-state index contributed by atoms with van der Waals surface area (Å²) in [6.45, 7) is 7.67. The molecule has 0 amide bonds. The van der Waals surface area contributed by atoms with E-state index in [0.29, 0.717) is 6.10 Å². The maximum Gasteiger partial charge on any atom is 0.194 e.